The molecule has 1 amide bonds. The number of thioether (sulfide) groups is 1. The fraction of sp³-hybridized carbons (Fsp3) is 0.167. The third-order valence-electron chi connectivity index (χ3n) is 4.85. The summed E-state index contributed by atoms with van der Waals surface area (Å²) in [7, 11) is 0. The molecular formula is C24H22N4O2S. The van der Waals surface area contributed by atoms with E-state index < -0.39 is 0 Å². The van der Waals surface area contributed by atoms with Crippen LogP contribution < -0.4 is 5.32 Å². The number of aryl methyl sites for hydroxylation is 2. The number of nitrogens with zero attached hydrogens (tertiary/aromatic N) is 3. The van der Waals surface area contributed by atoms with Gasteiger partial charge in [0.15, 0.2) is 11.4 Å². The minimum atomic E-state index is -0.129. The summed E-state index contributed by atoms with van der Waals surface area (Å²) >= 11 is 1.41. The van der Waals surface area contributed by atoms with Gasteiger partial charge >= 0.3 is 0 Å². The second kappa shape index (κ2) is 8.73. The Labute approximate surface area is 184 Å². The molecule has 0 unspecified atom stereocenters. The Morgan fingerprint density at radius 1 is 1.03 bits per heavy atom. The van der Waals surface area contributed by atoms with Gasteiger partial charge in [0.1, 0.15) is 5.03 Å². The number of anilines is 1. The first-order chi connectivity index (χ1) is 14.9. The first kappa shape index (κ1) is 20.8. The molecule has 6 nitrogen and oxygen atoms in total. The molecule has 2 heterocycles. The molecule has 0 atom stereocenters. The van der Waals surface area contributed by atoms with Gasteiger partial charge in [-0.05, 0) is 56.7 Å². The third kappa shape index (κ3) is 4.51. The van der Waals surface area contributed by atoms with E-state index in [0.717, 1.165) is 33.2 Å². The van der Waals surface area contributed by atoms with Crippen molar-refractivity contribution in [2.45, 2.75) is 25.8 Å². The number of carbonyl (C=O) groups is 2. The van der Waals surface area contributed by atoms with E-state index in [1.165, 1.54) is 18.7 Å². The predicted octanol–water partition coefficient (Wildman–Crippen LogP) is 4.95. The van der Waals surface area contributed by atoms with Gasteiger partial charge in [-0.2, -0.15) is 5.10 Å². The zero-order chi connectivity index (χ0) is 22.0. The number of aromatic nitrogens is 3. The summed E-state index contributed by atoms with van der Waals surface area (Å²) in [5.41, 5.74) is 5.88. The van der Waals surface area contributed by atoms with E-state index in [2.05, 4.69) is 10.4 Å². The van der Waals surface area contributed by atoms with Gasteiger partial charge < -0.3 is 5.32 Å². The highest BCUT2D eigenvalue weighted by molar-refractivity contribution is 7.99. The smallest absolute Gasteiger partial charge is 0.234 e. The molecule has 0 saturated heterocycles. The Balaban J connectivity index is 1.55. The summed E-state index contributed by atoms with van der Waals surface area (Å²) < 4.78 is 1.81. The Bertz CT molecular complexity index is 1260. The quantitative estimate of drug-likeness (QED) is 0.266. The number of nitrogens with one attached hydrogen (secondary N) is 1. The minimum absolute atomic E-state index is 0.00473. The highest BCUT2D eigenvalue weighted by atomic mass is 32.2. The van der Waals surface area contributed by atoms with Crippen molar-refractivity contribution < 1.29 is 9.59 Å². The zero-order valence-corrected chi connectivity index (χ0v) is 18.4. The molecule has 7 heteroatoms. The molecule has 0 aliphatic carbocycles. The van der Waals surface area contributed by atoms with Gasteiger partial charge in [-0.15, -0.1) is 0 Å². The molecule has 31 heavy (non-hydrogen) atoms. The predicted molar refractivity (Wildman–Crippen MR) is 124 cm³/mol. The lowest BCUT2D eigenvalue weighted by Crippen LogP contribution is -2.14. The second-order valence-corrected chi connectivity index (χ2v) is 8.26. The molecule has 2 aromatic carbocycles. The first-order valence-corrected chi connectivity index (χ1v) is 10.9. The molecule has 0 spiro atoms. The van der Waals surface area contributed by atoms with E-state index in [9.17, 15) is 9.59 Å². The molecule has 0 aliphatic rings. The molecule has 2 aromatic heterocycles. The molecule has 4 rings (SSSR count). The van der Waals surface area contributed by atoms with E-state index >= 15 is 0 Å². The topological polar surface area (TPSA) is 76.4 Å². The van der Waals surface area contributed by atoms with Crippen LogP contribution in [0.4, 0.5) is 5.69 Å². The fourth-order valence-electron chi connectivity index (χ4n) is 3.38. The van der Waals surface area contributed by atoms with Gasteiger partial charge in [0.2, 0.25) is 5.91 Å². The lowest BCUT2D eigenvalue weighted by molar-refractivity contribution is -0.113. The average molecular weight is 431 g/mol. The van der Waals surface area contributed by atoms with Crippen molar-refractivity contribution in [3.8, 4) is 11.1 Å². The maximum Gasteiger partial charge on any atom is 0.234 e. The van der Waals surface area contributed by atoms with Crippen LogP contribution in [0.1, 0.15) is 28.7 Å². The fourth-order valence-corrected chi connectivity index (χ4v) is 4.24. The molecule has 0 saturated carbocycles. The van der Waals surface area contributed by atoms with Crippen LogP contribution in [0.2, 0.25) is 0 Å². The molecule has 4 aromatic rings. The van der Waals surface area contributed by atoms with Crippen molar-refractivity contribution in [1.82, 2.24) is 14.6 Å². The van der Waals surface area contributed by atoms with Crippen molar-refractivity contribution >= 4 is 34.8 Å². The van der Waals surface area contributed by atoms with Crippen LogP contribution in [-0.4, -0.2) is 32.0 Å². The number of amides is 1. The van der Waals surface area contributed by atoms with E-state index in [1.807, 2.05) is 54.8 Å². The number of fused-ring (bicyclic) bond motifs is 1. The van der Waals surface area contributed by atoms with Crippen molar-refractivity contribution in [3.05, 3.63) is 77.6 Å². The number of benzene rings is 2. The minimum Gasteiger partial charge on any atom is -0.325 e. The number of carbonyl (C=O) groups excluding carboxylic acids is 2. The van der Waals surface area contributed by atoms with Crippen molar-refractivity contribution in [2.75, 3.05) is 11.1 Å². The number of hydrogen-bond donors (Lipinski definition) is 1. The number of Topliss-reactive ketones (excluding diaryl/α,β-unsaturated/α-hetero) is 1. The Hall–Kier alpha value is -3.45. The Morgan fingerprint density at radius 3 is 2.42 bits per heavy atom. The van der Waals surface area contributed by atoms with Crippen LogP contribution >= 0.6 is 11.8 Å². The summed E-state index contributed by atoms with van der Waals surface area (Å²) in [6, 6.07) is 18.9. The van der Waals surface area contributed by atoms with E-state index in [4.69, 9.17) is 4.98 Å². The largest absolute Gasteiger partial charge is 0.325 e. The highest BCUT2D eigenvalue weighted by Gasteiger charge is 2.17. The maximum atomic E-state index is 12.5. The average Bonchev–Trinajstić information content (AvgIpc) is 3.08. The molecule has 0 bridgehead atoms. The number of ketones is 1. The van der Waals surface area contributed by atoms with Crippen LogP contribution in [0.15, 0.2) is 65.7 Å². The lowest BCUT2D eigenvalue weighted by Gasteiger charge is -2.08. The van der Waals surface area contributed by atoms with Gasteiger partial charge in [0, 0.05) is 22.5 Å². The summed E-state index contributed by atoms with van der Waals surface area (Å²) in [5.74, 6) is 0.0947. The highest BCUT2D eigenvalue weighted by Crippen LogP contribution is 2.30. The van der Waals surface area contributed by atoms with Gasteiger partial charge in [-0.3, -0.25) is 9.59 Å². The van der Waals surface area contributed by atoms with Crippen molar-refractivity contribution in [3.63, 3.8) is 0 Å². The summed E-state index contributed by atoms with van der Waals surface area (Å²) in [6.45, 7) is 5.43. The summed E-state index contributed by atoms with van der Waals surface area (Å²) in [6.07, 6.45) is 0. The van der Waals surface area contributed by atoms with Gasteiger partial charge in [-0.25, -0.2) is 9.50 Å². The van der Waals surface area contributed by atoms with E-state index in [0.29, 0.717) is 11.3 Å². The molecular weight excluding hydrogens is 408 g/mol. The van der Waals surface area contributed by atoms with Crippen LogP contribution in [0.5, 0.6) is 0 Å². The summed E-state index contributed by atoms with van der Waals surface area (Å²) in [4.78, 5) is 28.6. The number of hydrogen-bond acceptors (Lipinski definition) is 5. The van der Waals surface area contributed by atoms with E-state index in [1.54, 1.807) is 24.3 Å². The Kier molecular flexibility index (Phi) is 5.86. The molecule has 0 fully saturated rings. The normalized spacial score (nSPS) is 10.9. The summed E-state index contributed by atoms with van der Waals surface area (Å²) in [5, 5.41) is 8.41. The number of rotatable bonds is 6. The Morgan fingerprint density at radius 2 is 1.74 bits per heavy atom. The molecule has 0 radical (unpaired) electrons. The van der Waals surface area contributed by atoms with Crippen molar-refractivity contribution in [2.24, 2.45) is 0 Å². The zero-order valence-electron chi connectivity index (χ0n) is 17.5. The SMILES string of the molecule is CC(=O)c1ccc(NC(=O)CSc2cc(C)nc3c(-c4ccccc4)c(C)nn23)cc1. The molecule has 156 valence electrons. The van der Waals surface area contributed by atoms with Crippen LogP contribution in [-0.2, 0) is 4.79 Å². The lowest BCUT2D eigenvalue weighted by atomic mass is 10.1. The maximum absolute atomic E-state index is 12.5. The van der Waals surface area contributed by atoms with Gasteiger partial charge in [0.25, 0.3) is 0 Å². The van der Waals surface area contributed by atoms with Crippen molar-refractivity contribution in [1.29, 1.82) is 0 Å². The van der Waals surface area contributed by atoms with Crippen LogP contribution in [0.3, 0.4) is 0 Å². The van der Waals surface area contributed by atoms with Crippen LogP contribution in [0.25, 0.3) is 16.8 Å². The van der Waals surface area contributed by atoms with Gasteiger partial charge in [-0.1, -0.05) is 42.1 Å². The van der Waals surface area contributed by atoms with Crippen LogP contribution in [0, 0.1) is 13.8 Å². The van der Waals surface area contributed by atoms with Gasteiger partial charge in [0.05, 0.1) is 11.4 Å². The standard InChI is InChI=1S/C24H22N4O2S/c1-15-13-22(31-14-21(30)26-20-11-9-18(10-12-20)17(3)29)28-24(25-15)23(16(2)27-28)19-7-5-4-6-8-19/h4-13H,14H2,1-3H3,(H,26,30). The molecule has 1 N–H and O–H groups in total. The second-order valence-electron chi connectivity index (χ2n) is 7.27. The molecule has 0 aliphatic heterocycles. The van der Waals surface area contributed by atoms with E-state index in [-0.39, 0.29) is 17.4 Å². The third-order valence-corrected chi connectivity index (χ3v) is 5.84. The monoisotopic (exact) mass is 430 g/mol. The first-order valence-electron chi connectivity index (χ1n) is 9.88.